The van der Waals surface area contributed by atoms with Gasteiger partial charge in [-0.25, -0.2) is 9.59 Å². The largest absolute Gasteiger partial charge is 0.466 e. The third-order valence-electron chi connectivity index (χ3n) is 2.52. The van der Waals surface area contributed by atoms with Crippen LogP contribution in [-0.2, 0) is 25.2 Å². The fraction of sp³-hybridized carbons (Fsp3) is 0.214. The maximum atomic E-state index is 12.5. The molecule has 0 heterocycles. The molecule has 0 saturated heterocycles. The highest BCUT2D eigenvalue weighted by Gasteiger charge is 2.30. The van der Waals surface area contributed by atoms with E-state index in [4.69, 9.17) is 5.41 Å². The Bertz CT molecular complexity index is 638. The summed E-state index contributed by atoms with van der Waals surface area (Å²) in [6.45, 7) is 0. The Kier molecular flexibility index (Phi) is 6.38. The van der Waals surface area contributed by atoms with E-state index in [0.717, 1.165) is 44.6 Å². The molecule has 1 N–H and O–H groups in total. The molecule has 124 valence electrons. The lowest BCUT2D eigenvalue weighted by molar-refractivity contribution is -0.137. The van der Waals surface area contributed by atoms with E-state index in [9.17, 15) is 22.8 Å². The summed E-state index contributed by atoms with van der Waals surface area (Å²) in [7, 11) is 2.20. The number of carbonyl (C=O) groups is 2. The number of ether oxygens (including phenoxy) is 2. The number of esters is 2. The minimum absolute atomic E-state index is 0.155. The molecule has 0 aliphatic rings. The van der Waals surface area contributed by atoms with Crippen molar-refractivity contribution in [1.29, 1.82) is 5.41 Å². The zero-order valence-electron chi connectivity index (χ0n) is 12.1. The van der Waals surface area contributed by atoms with Crippen LogP contribution in [0.5, 0.6) is 0 Å². The minimum Gasteiger partial charge on any atom is -0.466 e. The van der Waals surface area contributed by atoms with Crippen molar-refractivity contribution in [2.75, 3.05) is 14.2 Å². The molecule has 0 amide bonds. The maximum Gasteiger partial charge on any atom is 0.416 e. The van der Waals surface area contributed by atoms with Gasteiger partial charge in [0, 0.05) is 11.6 Å². The predicted molar refractivity (Wildman–Crippen MR) is 78.0 cm³/mol. The average molecular weight is 347 g/mol. The quantitative estimate of drug-likeness (QED) is 0.392. The van der Waals surface area contributed by atoms with E-state index in [0.29, 0.717) is 11.8 Å². The zero-order chi connectivity index (χ0) is 17.6. The van der Waals surface area contributed by atoms with E-state index in [1.54, 1.807) is 0 Å². The molecule has 5 nitrogen and oxygen atoms in total. The normalized spacial score (nSPS) is 11.8. The molecule has 0 fully saturated rings. The first-order chi connectivity index (χ1) is 10.7. The number of alkyl halides is 3. The number of rotatable bonds is 4. The van der Waals surface area contributed by atoms with Crippen molar-refractivity contribution in [3.63, 3.8) is 0 Å². The Morgan fingerprint density at radius 1 is 1.13 bits per heavy atom. The molecule has 0 spiro atoms. The Hall–Kier alpha value is -2.29. The summed E-state index contributed by atoms with van der Waals surface area (Å²) in [6, 6.07) is 3.86. The molecule has 0 unspecified atom stereocenters. The summed E-state index contributed by atoms with van der Waals surface area (Å²) < 4.78 is 46.3. The molecule has 1 aromatic carbocycles. The van der Waals surface area contributed by atoms with Crippen molar-refractivity contribution in [1.82, 2.24) is 0 Å². The highest BCUT2D eigenvalue weighted by molar-refractivity contribution is 8.18. The highest BCUT2D eigenvalue weighted by Crippen LogP contribution is 2.30. The van der Waals surface area contributed by atoms with Crippen LogP contribution in [0.15, 0.2) is 35.2 Å². The molecular formula is C14H12F3NO4S. The van der Waals surface area contributed by atoms with Gasteiger partial charge in [-0.15, -0.1) is 0 Å². The summed E-state index contributed by atoms with van der Waals surface area (Å²) in [5, 5.41) is 7.61. The van der Waals surface area contributed by atoms with E-state index in [1.165, 1.54) is 0 Å². The second-order valence-corrected chi connectivity index (χ2v) is 5.08. The van der Waals surface area contributed by atoms with Gasteiger partial charge in [0.05, 0.1) is 24.8 Å². The van der Waals surface area contributed by atoms with Crippen molar-refractivity contribution in [2.45, 2.75) is 6.18 Å². The second-order valence-electron chi connectivity index (χ2n) is 4.03. The first-order valence-electron chi connectivity index (χ1n) is 6.01. The van der Waals surface area contributed by atoms with Gasteiger partial charge in [0.25, 0.3) is 0 Å². The lowest BCUT2D eigenvalue weighted by Gasteiger charge is -2.09. The molecule has 0 radical (unpaired) electrons. The smallest absolute Gasteiger partial charge is 0.416 e. The Labute approximate surface area is 134 Å². The van der Waals surface area contributed by atoms with Crippen molar-refractivity contribution < 1.29 is 32.2 Å². The van der Waals surface area contributed by atoms with Crippen LogP contribution in [-0.4, -0.2) is 31.2 Å². The highest BCUT2D eigenvalue weighted by atomic mass is 32.2. The van der Waals surface area contributed by atoms with Gasteiger partial charge in [0.1, 0.15) is 4.91 Å². The Morgan fingerprint density at radius 3 is 2.13 bits per heavy atom. The fourth-order valence-corrected chi connectivity index (χ4v) is 2.17. The molecule has 0 aromatic heterocycles. The second kappa shape index (κ2) is 7.82. The van der Waals surface area contributed by atoms with Crippen molar-refractivity contribution >= 4 is 28.7 Å². The van der Waals surface area contributed by atoms with Crippen LogP contribution < -0.4 is 0 Å². The number of benzene rings is 1. The monoisotopic (exact) mass is 347 g/mol. The molecule has 0 aliphatic heterocycles. The van der Waals surface area contributed by atoms with Gasteiger partial charge in [0.15, 0.2) is 0 Å². The SMILES string of the molecule is COC(=O)C=C(SC(=N)c1ccc(C(F)(F)F)cc1)C(=O)OC. The van der Waals surface area contributed by atoms with Gasteiger partial charge < -0.3 is 9.47 Å². The molecule has 1 rings (SSSR count). The van der Waals surface area contributed by atoms with E-state index in [1.807, 2.05) is 0 Å². The molecule has 1 aromatic rings. The Morgan fingerprint density at radius 2 is 1.70 bits per heavy atom. The van der Waals surface area contributed by atoms with Gasteiger partial charge in [-0.3, -0.25) is 5.41 Å². The topological polar surface area (TPSA) is 76.5 Å². The number of carbonyl (C=O) groups excluding carboxylic acids is 2. The van der Waals surface area contributed by atoms with Crippen LogP contribution in [0, 0.1) is 5.41 Å². The van der Waals surface area contributed by atoms with Crippen LogP contribution >= 0.6 is 11.8 Å². The molecule has 23 heavy (non-hydrogen) atoms. The molecule has 0 saturated carbocycles. The predicted octanol–water partition coefficient (Wildman–Crippen LogP) is 2.99. The summed E-state index contributed by atoms with van der Waals surface area (Å²) in [5.41, 5.74) is -0.694. The number of hydrogen-bond acceptors (Lipinski definition) is 6. The molecular weight excluding hydrogens is 335 g/mol. The van der Waals surface area contributed by atoms with Crippen LogP contribution in [0.3, 0.4) is 0 Å². The third kappa shape index (κ3) is 5.44. The summed E-state index contributed by atoms with van der Waals surface area (Å²) in [4.78, 5) is 22.5. The standard InChI is InChI=1S/C14H12F3NO4S/c1-21-11(19)7-10(13(20)22-2)23-12(18)8-3-5-9(6-4-8)14(15,16)17/h3-7,18H,1-2H3. The molecule has 0 atom stereocenters. The number of halogens is 3. The van der Waals surface area contributed by atoms with Crippen LogP contribution in [0.25, 0.3) is 0 Å². The van der Waals surface area contributed by atoms with Crippen LogP contribution in [0.2, 0.25) is 0 Å². The molecule has 0 bridgehead atoms. The summed E-state index contributed by atoms with van der Waals surface area (Å²) in [6.07, 6.45) is -3.63. The first kappa shape index (κ1) is 18.8. The molecule has 9 heteroatoms. The molecule has 0 aliphatic carbocycles. The number of hydrogen-bond donors (Lipinski definition) is 1. The van der Waals surface area contributed by atoms with Crippen molar-refractivity contribution in [3.8, 4) is 0 Å². The van der Waals surface area contributed by atoms with Gasteiger partial charge in [0.2, 0.25) is 0 Å². The zero-order valence-corrected chi connectivity index (χ0v) is 12.9. The minimum atomic E-state index is -4.48. The number of thioether (sulfide) groups is 1. The van der Waals surface area contributed by atoms with E-state index in [-0.39, 0.29) is 15.5 Å². The van der Waals surface area contributed by atoms with Crippen molar-refractivity contribution in [3.05, 3.63) is 46.4 Å². The first-order valence-corrected chi connectivity index (χ1v) is 6.82. The summed E-state index contributed by atoms with van der Waals surface area (Å²) >= 11 is 0.575. The lowest BCUT2D eigenvalue weighted by atomic mass is 10.1. The van der Waals surface area contributed by atoms with Gasteiger partial charge in [-0.1, -0.05) is 23.9 Å². The van der Waals surface area contributed by atoms with E-state index >= 15 is 0 Å². The number of methoxy groups -OCH3 is 2. The maximum absolute atomic E-state index is 12.5. The van der Waals surface area contributed by atoms with E-state index < -0.39 is 23.7 Å². The van der Waals surface area contributed by atoms with Crippen LogP contribution in [0.1, 0.15) is 11.1 Å². The van der Waals surface area contributed by atoms with Crippen LogP contribution in [0.4, 0.5) is 13.2 Å². The van der Waals surface area contributed by atoms with Gasteiger partial charge in [-0.05, 0) is 12.1 Å². The van der Waals surface area contributed by atoms with E-state index in [2.05, 4.69) is 9.47 Å². The van der Waals surface area contributed by atoms with Gasteiger partial charge in [-0.2, -0.15) is 13.2 Å². The van der Waals surface area contributed by atoms with Gasteiger partial charge >= 0.3 is 18.1 Å². The number of nitrogens with one attached hydrogen (secondary N) is 1. The fourth-order valence-electron chi connectivity index (χ4n) is 1.38. The Balaban J connectivity index is 2.97. The lowest BCUT2D eigenvalue weighted by Crippen LogP contribution is -2.09. The third-order valence-corrected chi connectivity index (χ3v) is 3.47. The average Bonchev–Trinajstić information content (AvgIpc) is 2.52. The van der Waals surface area contributed by atoms with Crippen molar-refractivity contribution in [2.24, 2.45) is 0 Å². The summed E-state index contributed by atoms with van der Waals surface area (Å²) in [5.74, 6) is -1.69.